The molecule has 1 N–H and O–H groups in total. The topological polar surface area (TPSA) is 75.5 Å². The largest absolute Gasteiger partial charge is 0.481 e. The summed E-state index contributed by atoms with van der Waals surface area (Å²) in [4.78, 5) is 21.4. The number of anilines is 1. The van der Waals surface area contributed by atoms with Crippen LogP contribution in [0.2, 0.25) is 0 Å². The van der Waals surface area contributed by atoms with Crippen LogP contribution in [0.1, 0.15) is 26.6 Å². The van der Waals surface area contributed by atoms with Crippen molar-refractivity contribution in [1.29, 1.82) is 0 Å². The number of nitrogens with zero attached hydrogens (tertiary/aromatic N) is 3. The zero-order valence-corrected chi connectivity index (χ0v) is 11.4. The summed E-state index contributed by atoms with van der Waals surface area (Å²) in [5.41, 5.74) is -1.04. The van der Waals surface area contributed by atoms with Gasteiger partial charge in [0.1, 0.15) is 17.2 Å². The first kappa shape index (κ1) is 14.2. The second kappa shape index (κ2) is 5.20. The van der Waals surface area contributed by atoms with E-state index in [1.54, 1.807) is 31.7 Å². The number of carbonyl (C=O) groups is 1. The minimum absolute atomic E-state index is 0.428. The van der Waals surface area contributed by atoms with Gasteiger partial charge < -0.3 is 14.7 Å². The maximum atomic E-state index is 11.3. The molecule has 0 aliphatic heterocycles. The van der Waals surface area contributed by atoms with Crippen LogP contribution in [0.25, 0.3) is 0 Å². The van der Waals surface area contributed by atoms with E-state index in [0.717, 1.165) is 0 Å². The van der Waals surface area contributed by atoms with Crippen LogP contribution >= 0.6 is 0 Å². The quantitative estimate of drug-likeness (QED) is 0.856. The van der Waals surface area contributed by atoms with Gasteiger partial charge in [-0.2, -0.15) is 4.98 Å². The molecule has 0 aromatic carbocycles. The summed E-state index contributed by atoms with van der Waals surface area (Å²) in [6.07, 6.45) is 0. The molecule has 0 unspecified atom stereocenters. The number of rotatable bonds is 5. The highest BCUT2D eigenvalue weighted by Crippen LogP contribution is 2.24. The van der Waals surface area contributed by atoms with E-state index in [1.165, 1.54) is 7.11 Å². The second-order valence-corrected chi connectivity index (χ2v) is 4.42. The minimum Gasteiger partial charge on any atom is -0.481 e. The highest BCUT2D eigenvalue weighted by Gasteiger charge is 2.35. The van der Waals surface area contributed by atoms with Crippen molar-refractivity contribution in [1.82, 2.24) is 9.97 Å². The van der Waals surface area contributed by atoms with E-state index in [0.29, 0.717) is 24.1 Å². The van der Waals surface area contributed by atoms with Crippen LogP contribution < -0.4 is 9.64 Å². The molecule has 0 bridgehead atoms. The van der Waals surface area contributed by atoms with Gasteiger partial charge in [0.15, 0.2) is 0 Å². The van der Waals surface area contributed by atoms with Crippen molar-refractivity contribution < 1.29 is 14.6 Å². The number of carboxylic acid groups (broad SMARTS) is 1. The molecule has 1 aromatic rings. The van der Waals surface area contributed by atoms with Crippen molar-refractivity contribution in [2.24, 2.45) is 0 Å². The van der Waals surface area contributed by atoms with Crippen LogP contribution in [0.15, 0.2) is 6.07 Å². The molecule has 18 heavy (non-hydrogen) atoms. The molecule has 0 radical (unpaired) electrons. The number of hydrogen-bond acceptors (Lipinski definition) is 5. The first-order valence-electron chi connectivity index (χ1n) is 5.73. The highest BCUT2D eigenvalue weighted by atomic mass is 16.5. The number of methoxy groups -OCH3 is 1. The summed E-state index contributed by atoms with van der Waals surface area (Å²) >= 11 is 0. The van der Waals surface area contributed by atoms with Crippen LogP contribution in [0, 0.1) is 6.92 Å². The van der Waals surface area contributed by atoms with Crippen LogP contribution in [0.5, 0.6) is 5.88 Å². The second-order valence-electron chi connectivity index (χ2n) is 4.42. The fraction of sp³-hybridized carbons (Fsp3) is 0.583. The third-order valence-corrected chi connectivity index (χ3v) is 2.80. The molecule has 1 aromatic heterocycles. The predicted octanol–water partition coefficient (Wildman–Crippen LogP) is 1.48. The molecular formula is C12H19N3O3. The summed E-state index contributed by atoms with van der Waals surface area (Å²) in [5, 5.41) is 9.28. The summed E-state index contributed by atoms with van der Waals surface area (Å²) in [6, 6.07) is 1.64. The molecule has 0 fully saturated rings. The maximum absolute atomic E-state index is 11.3. The van der Waals surface area contributed by atoms with Crippen molar-refractivity contribution in [3.8, 4) is 5.88 Å². The first-order valence-corrected chi connectivity index (χ1v) is 5.73. The number of carboxylic acids is 1. The Morgan fingerprint density at radius 2 is 2.11 bits per heavy atom. The van der Waals surface area contributed by atoms with Gasteiger partial charge in [0, 0.05) is 12.6 Å². The molecule has 0 aliphatic carbocycles. The third-order valence-electron chi connectivity index (χ3n) is 2.80. The molecular weight excluding hydrogens is 234 g/mol. The molecule has 0 spiro atoms. The van der Waals surface area contributed by atoms with Crippen molar-refractivity contribution in [2.45, 2.75) is 33.2 Å². The normalized spacial score (nSPS) is 11.2. The monoisotopic (exact) mass is 253 g/mol. The van der Waals surface area contributed by atoms with Gasteiger partial charge >= 0.3 is 5.97 Å². The highest BCUT2D eigenvalue weighted by molar-refractivity contribution is 5.82. The number of likely N-dealkylation sites (N-methyl/N-ethyl adjacent to an activating group) is 1. The van der Waals surface area contributed by atoms with Gasteiger partial charge in [-0.3, -0.25) is 0 Å². The van der Waals surface area contributed by atoms with Crippen LogP contribution in [-0.2, 0) is 4.79 Å². The van der Waals surface area contributed by atoms with Gasteiger partial charge in [0.25, 0.3) is 0 Å². The van der Waals surface area contributed by atoms with Gasteiger partial charge in [0.2, 0.25) is 5.88 Å². The average Bonchev–Trinajstić information content (AvgIpc) is 2.28. The Balaban J connectivity index is 3.24. The lowest BCUT2D eigenvalue weighted by Crippen LogP contribution is -2.50. The van der Waals surface area contributed by atoms with E-state index < -0.39 is 11.5 Å². The van der Waals surface area contributed by atoms with Crippen molar-refractivity contribution >= 4 is 11.8 Å². The number of aryl methyl sites for hydroxylation is 1. The zero-order chi connectivity index (χ0) is 13.9. The lowest BCUT2D eigenvalue weighted by atomic mass is 10.0. The molecule has 0 amide bonds. The smallest absolute Gasteiger partial charge is 0.328 e. The standard InChI is InChI=1S/C12H19N3O3/c1-6-15(12(3,4)11(16)17)9-7-10(18-5)14-8(2)13-9/h7H,6H2,1-5H3,(H,16,17). The Morgan fingerprint density at radius 3 is 2.56 bits per heavy atom. The SMILES string of the molecule is CCN(c1cc(OC)nc(C)n1)C(C)(C)C(=O)O. The van der Waals surface area contributed by atoms with Crippen LogP contribution in [-0.4, -0.2) is 40.2 Å². The van der Waals surface area contributed by atoms with E-state index in [4.69, 9.17) is 4.74 Å². The summed E-state index contributed by atoms with van der Waals surface area (Å²) in [7, 11) is 1.52. The fourth-order valence-electron chi connectivity index (χ4n) is 1.73. The van der Waals surface area contributed by atoms with Gasteiger partial charge in [0.05, 0.1) is 7.11 Å². The van der Waals surface area contributed by atoms with Crippen LogP contribution in [0.4, 0.5) is 5.82 Å². The Morgan fingerprint density at radius 1 is 1.50 bits per heavy atom. The Bertz CT molecular complexity index is 446. The van der Waals surface area contributed by atoms with E-state index in [2.05, 4.69) is 9.97 Å². The third kappa shape index (κ3) is 2.69. The molecule has 0 aliphatic rings. The average molecular weight is 253 g/mol. The lowest BCUT2D eigenvalue weighted by molar-refractivity contribution is -0.142. The first-order chi connectivity index (χ1) is 8.32. The summed E-state index contributed by atoms with van der Waals surface area (Å²) < 4.78 is 5.08. The summed E-state index contributed by atoms with van der Waals surface area (Å²) in [5.74, 6) is 0.620. The van der Waals surface area contributed by atoms with Gasteiger partial charge in [-0.05, 0) is 27.7 Å². The van der Waals surface area contributed by atoms with Gasteiger partial charge in [-0.25, -0.2) is 9.78 Å². The Hall–Kier alpha value is -1.85. The van der Waals surface area contributed by atoms with Crippen LogP contribution in [0.3, 0.4) is 0 Å². The molecule has 0 atom stereocenters. The fourth-order valence-corrected chi connectivity index (χ4v) is 1.73. The molecule has 100 valence electrons. The van der Waals surface area contributed by atoms with E-state index in [1.807, 2.05) is 6.92 Å². The molecule has 0 saturated carbocycles. The van der Waals surface area contributed by atoms with E-state index in [9.17, 15) is 9.90 Å². The van der Waals surface area contributed by atoms with Gasteiger partial charge in [-0.15, -0.1) is 0 Å². The number of hydrogen-bond donors (Lipinski definition) is 1. The van der Waals surface area contributed by atoms with E-state index >= 15 is 0 Å². The number of aliphatic carboxylic acids is 1. The molecule has 1 heterocycles. The lowest BCUT2D eigenvalue weighted by Gasteiger charge is -2.35. The number of ether oxygens (including phenoxy) is 1. The number of aromatic nitrogens is 2. The van der Waals surface area contributed by atoms with E-state index in [-0.39, 0.29) is 0 Å². The Kier molecular flexibility index (Phi) is 4.11. The molecule has 6 heteroatoms. The molecule has 6 nitrogen and oxygen atoms in total. The zero-order valence-electron chi connectivity index (χ0n) is 11.4. The minimum atomic E-state index is -1.04. The molecule has 1 rings (SSSR count). The maximum Gasteiger partial charge on any atom is 0.328 e. The predicted molar refractivity (Wildman–Crippen MR) is 68.1 cm³/mol. The van der Waals surface area contributed by atoms with Crippen molar-refractivity contribution in [3.63, 3.8) is 0 Å². The van der Waals surface area contributed by atoms with Crippen molar-refractivity contribution in [3.05, 3.63) is 11.9 Å². The molecule has 0 saturated heterocycles. The van der Waals surface area contributed by atoms with Crippen molar-refractivity contribution in [2.75, 3.05) is 18.6 Å². The van der Waals surface area contributed by atoms with Gasteiger partial charge in [-0.1, -0.05) is 0 Å². The summed E-state index contributed by atoms with van der Waals surface area (Å²) in [6.45, 7) is 7.44. The Labute approximate surface area is 107 Å².